The Balaban J connectivity index is 1.47. The summed E-state index contributed by atoms with van der Waals surface area (Å²) in [5.41, 5.74) is 2.55. The van der Waals surface area contributed by atoms with Crippen LogP contribution in [-0.2, 0) is 14.3 Å². The molecular weight excluding hydrogens is 522 g/mol. The predicted octanol–water partition coefficient (Wildman–Crippen LogP) is 5.26. The number of halogens is 1. The molecule has 0 atom stereocenters. The number of carbonyl (C=O) groups is 4. The number of nitrogens with zero attached hydrogens (tertiary/aromatic N) is 1. The van der Waals surface area contributed by atoms with E-state index in [2.05, 4.69) is 10.6 Å². The minimum absolute atomic E-state index is 0.0903. The summed E-state index contributed by atoms with van der Waals surface area (Å²) in [4.78, 5) is 51.9. The third kappa shape index (κ3) is 5.94. The van der Waals surface area contributed by atoms with E-state index in [0.29, 0.717) is 28.3 Å². The van der Waals surface area contributed by atoms with E-state index < -0.39 is 23.7 Å². The fraction of sp³-hybridized carbons (Fsp3) is 0.172. The standard InChI is InChI=1S/C29H26ClN3O6/c1-16(2)39-29(37)19-6-5-7-21(15-19)32-26(34)18-9-11-20(12-10-18)31-25-24(30)27(35)33(28(25)36)22-14-17(3)8-13-23(22)38-4/h5-16,31H,1-4H3,(H,32,34). The molecule has 0 aliphatic carbocycles. The maximum Gasteiger partial charge on any atom is 0.338 e. The second kappa shape index (κ2) is 11.4. The van der Waals surface area contributed by atoms with Crippen molar-refractivity contribution in [1.29, 1.82) is 0 Å². The number of hydrogen-bond donors (Lipinski definition) is 2. The van der Waals surface area contributed by atoms with Crippen LogP contribution in [0.2, 0.25) is 0 Å². The summed E-state index contributed by atoms with van der Waals surface area (Å²) in [7, 11) is 1.45. The highest BCUT2D eigenvalue weighted by atomic mass is 35.5. The van der Waals surface area contributed by atoms with E-state index in [9.17, 15) is 19.2 Å². The number of ether oxygens (including phenoxy) is 2. The Kier molecular flexibility index (Phi) is 8.01. The van der Waals surface area contributed by atoms with Gasteiger partial charge in [0.2, 0.25) is 0 Å². The van der Waals surface area contributed by atoms with E-state index in [1.165, 1.54) is 13.2 Å². The highest BCUT2D eigenvalue weighted by Crippen LogP contribution is 2.36. The van der Waals surface area contributed by atoms with E-state index in [-0.39, 0.29) is 22.5 Å². The zero-order chi connectivity index (χ0) is 28.3. The molecule has 1 heterocycles. The number of benzene rings is 3. The number of amides is 3. The first-order valence-corrected chi connectivity index (χ1v) is 12.4. The van der Waals surface area contributed by atoms with Crippen molar-refractivity contribution in [3.63, 3.8) is 0 Å². The fourth-order valence-corrected chi connectivity index (χ4v) is 4.08. The normalized spacial score (nSPS) is 13.1. The molecule has 4 rings (SSSR count). The lowest BCUT2D eigenvalue weighted by molar-refractivity contribution is -0.120. The van der Waals surface area contributed by atoms with E-state index >= 15 is 0 Å². The van der Waals surface area contributed by atoms with Crippen molar-refractivity contribution in [3.8, 4) is 5.75 Å². The van der Waals surface area contributed by atoms with Gasteiger partial charge in [0.05, 0.1) is 24.5 Å². The van der Waals surface area contributed by atoms with Gasteiger partial charge in [0.25, 0.3) is 17.7 Å². The van der Waals surface area contributed by atoms with Crippen LogP contribution in [0.5, 0.6) is 5.75 Å². The lowest BCUT2D eigenvalue weighted by Gasteiger charge is -2.18. The number of imide groups is 1. The molecule has 1 aliphatic rings. The largest absolute Gasteiger partial charge is 0.495 e. The monoisotopic (exact) mass is 547 g/mol. The highest BCUT2D eigenvalue weighted by molar-refractivity contribution is 6.53. The molecule has 3 aromatic carbocycles. The van der Waals surface area contributed by atoms with Crippen LogP contribution in [-0.4, -0.2) is 36.9 Å². The number of carbonyl (C=O) groups excluding carboxylic acids is 4. The minimum Gasteiger partial charge on any atom is -0.495 e. The van der Waals surface area contributed by atoms with E-state index in [1.54, 1.807) is 74.5 Å². The van der Waals surface area contributed by atoms with Crippen molar-refractivity contribution >= 4 is 52.4 Å². The van der Waals surface area contributed by atoms with Crippen LogP contribution in [0.4, 0.5) is 17.1 Å². The maximum absolute atomic E-state index is 13.2. The molecule has 0 saturated heterocycles. The minimum atomic E-state index is -0.677. The molecule has 39 heavy (non-hydrogen) atoms. The second-order valence-corrected chi connectivity index (χ2v) is 9.38. The number of hydrogen-bond acceptors (Lipinski definition) is 7. The van der Waals surface area contributed by atoms with Gasteiger partial charge in [-0.15, -0.1) is 0 Å². The summed E-state index contributed by atoms with van der Waals surface area (Å²) >= 11 is 6.26. The molecular formula is C29H26ClN3O6. The Hall–Kier alpha value is -4.63. The summed E-state index contributed by atoms with van der Waals surface area (Å²) in [6.45, 7) is 5.34. The SMILES string of the molecule is COc1ccc(C)cc1N1C(=O)C(Cl)=C(Nc2ccc(C(=O)Nc3cccc(C(=O)OC(C)C)c3)cc2)C1=O. The molecule has 0 unspecified atom stereocenters. The lowest BCUT2D eigenvalue weighted by atomic mass is 10.1. The lowest BCUT2D eigenvalue weighted by Crippen LogP contribution is -2.32. The number of methoxy groups -OCH3 is 1. The number of anilines is 3. The van der Waals surface area contributed by atoms with Crippen molar-refractivity contribution in [3.05, 3.63) is 94.1 Å². The van der Waals surface area contributed by atoms with Crippen molar-refractivity contribution in [2.45, 2.75) is 26.9 Å². The van der Waals surface area contributed by atoms with Gasteiger partial charge in [-0.25, -0.2) is 9.69 Å². The third-order valence-electron chi connectivity index (χ3n) is 5.72. The van der Waals surface area contributed by atoms with Gasteiger partial charge in [0.1, 0.15) is 16.5 Å². The summed E-state index contributed by atoms with van der Waals surface area (Å²) in [5.74, 6) is -1.84. The molecule has 2 N–H and O–H groups in total. The van der Waals surface area contributed by atoms with E-state index in [1.807, 2.05) is 6.92 Å². The van der Waals surface area contributed by atoms with Crippen LogP contribution in [0.1, 0.15) is 40.1 Å². The van der Waals surface area contributed by atoms with Crippen LogP contribution in [0, 0.1) is 6.92 Å². The molecule has 10 heteroatoms. The van der Waals surface area contributed by atoms with Crippen LogP contribution in [0.15, 0.2) is 77.5 Å². The van der Waals surface area contributed by atoms with Gasteiger partial charge in [0.15, 0.2) is 0 Å². The molecule has 0 radical (unpaired) electrons. The number of esters is 1. The number of nitrogens with one attached hydrogen (secondary N) is 2. The Bertz CT molecular complexity index is 1500. The molecule has 0 saturated carbocycles. The average molecular weight is 548 g/mol. The van der Waals surface area contributed by atoms with Gasteiger partial charge in [-0.3, -0.25) is 14.4 Å². The van der Waals surface area contributed by atoms with Crippen molar-refractivity contribution in [1.82, 2.24) is 0 Å². The molecule has 0 bridgehead atoms. The summed E-state index contributed by atoms with van der Waals surface area (Å²) < 4.78 is 10.5. The Morgan fingerprint density at radius 1 is 0.897 bits per heavy atom. The van der Waals surface area contributed by atoms with Gasteiger partial charge in [0, 0.05) is 16.9 Å². The first-order chi connectivity index (χ1) is 18.6. The molecule has 0 spiro atoms. The molecule has 0 fully saturated rings. The van der Waals surface area contributed by atoms with Crippen molar-refractivity contribution < 1.29 is 28.7 Å². The molecule has 9 nitrogen and oxygen atoms in total. The van der Waals surface area contributed by atoms with Crippen LogP contribution >= 0.6 is 11.6 Å². The van der Waals surface area contributed by atoms with Crippen molar-refractivity contribution in [2.24, 2.45) is 0 Å². The molecule has 3 amide bonds. The van der Waals surface area contributed by atoms with E-state index in [4.69, 9.17) is 21.1 Å². The number of rotatable bonds is 8. The molecule has 3 aromatic rings. The topological polar surface area (TPSA) is 114 Å². The van der Waals surface area contributed by atoms with Crippen LogP contribution in [0.25, 0.3) is 0 Å². The van der Waals surface area contributed by atoms with Gasteiger partial charge in [-0.1, -0.05) is 23.7 Å². The zero-order valence-electron chi connectivity index (χ0n) is 21.7. The molecule has 1 aliphatic heterocycles. The second-order valence-electron chi connectivity index (χ2n) is 9.00. The summed E-state index contributed by atoms with van der Waals surface area (Å²) in [6, 6.07) is 17.8. The Morgan fingerprint density at radius 3 is 2.28 bits per heavy atom. The number of aryl methyl sites for hydroxylation is 1. The van der Waals surface area contributed by atoms with Gasteiger partial charge >= 0.3 is 5.97 Å². The average Bonchev–Trinajstić information content (AvgIpc) is 3.11. The van der Waals surface area contributed by atoms with Gasteiger partial charge < -0.3 is 20.1 Å². The van der Waals surface area contributed by atoms with Crippen molar-refractivity contribution in [2.75, 3.05) is 22.6 Å². The Morgan fingerprint density at radius 2 is 1.62 bits per heavy atom. The first-order valence-electron chi connectivity index (χ1n) is 12.0. The quantitative estimate of drug-likeness (QED) is 0.292. The summed E-state index contributed by atoms with van der Waals surface area (Å²) in [5, 5.41) is 5.37. The maximum atomic E-state index is 13.2. The van der Waals surface area contributed by atoms with Gasteiger partial charge in [-0.2, -0.15) is 0 Å². The zero-order valence-corrected chi connectivity index (χ0v) is 22.5. The van der Waals surface area contributed by atoms with Crippen LogP contribution < -0.4 is 20.3 Å². The smallest absolute Gasteiger partial charge is 0.338 e. The van der Waals surface area contributed by atoms with Gasteiger partial charge in [-0.05, 0) is 80.9 Å². The predicted molar refractivity (Wildman–Crippen MR) is 148 cm³/mol. The fourth-order valence-electron chi connectivity index (χ4n) is 3.86. The first kappa shape index (κ1) is 27.4. The summed E-state index contributed by atoms with van der Waals surface area (Å²) in [6.07, 6.45) is -0.264. The molecule has 200 valence electrons. The third-order valence-corrected chi connectivity index (χ3v) is 6.07. The molecule has 0 aromatic heterocycles. The highest BCUT2D eigenvalue weighted by Gasteiger charge is 2.40. The Labute approximate surface area is 230 Å². The van der Waals surface area contributed by atoms with E-state index in [0.717, 1.165) is 10.5 Å². The van der Waals surface area contributed by atoms with Crippen LogP contribution in [0.3, 0.4) is 0 Å².